The standard InChI is InChI=1S/C13H23N3OS/c1-3-12-6-5-7-13(4-2)16(12)18(17)15-9-11(8-14)10-15/h11-13H,3-7,9-10H2,1-2H3/t12-,13?,18?/m1/s1. The Hall–Kier alpha value is -0.280. The summed E-state index contributed by atoms with van der Waals surface area (Å²) in [5.41, 5.74) is 0. The lowest BCUT2D eigenvalue weighted by Gasteiger charge is -2.45. The average Bonchev–Trinajstić information content (AvgIpc) is 2.36. The fourth-order valence-corrected chi connectivity index (χ4v) is 4.85. The van der Waals surface area contributed by atoms with E-state index in [-0.39, 0.29) is 5.92 Å². The van der Waals surface area contributed by atoms with Crippen LogP contribution in [-0.2, 0) is 11.5 Å². The SMILES string of the molecule is CCC1CCC[C@@H](CC)N1[S+]([O-])N1CC(C#N)C1. The number of rotatable bonds is 4. The van der Waals surface area contributed by atoms with E-state index in [0.29, 0.717) is 25.2 Å². The maximum absolute atomic E-state index is 12.6. The molecule has 0 radical (unpaired) electrons. The second kappa shape index (κ2) is 6.25. The zero-order valence-electron chi connectivity index (χ0n) is 11.3. The van der Waals surface area contributed by atoms with Gasteiger partial charge in [-0.15, -0.1) is 8.61 Å². The van der Waals surface area contributed by atoms with Gasteiger partial charge in [-0.25, -0.2) is 0 Å². The molecule has 2 heterocycles. The first-order valence-corrected chi connectivity index (χ1v) is 8.12. The summed E-state index contributed by atoms with van der Waals surface area (Å²) in [7, 11) is 0. The maximum Gasteiger partial charge on any atom is 0.141 e. The predicted octanol–water partition coefficient (Wildman–Crippen LogP) is 2.06. The van der Waals surface area contributed by atoms with Gasteiger partial charge >= 0.3 is 0 Å². The van der Waals surface area contributed by atoms with Crippen LogP contribution < -0.4 is 0 Å². The van der Waals surface area contributed by atoms with Crippen molar-refractivity contribution in [3.63, 3.8) is 0 Å². The molecule has 0 N–H and O–H groups in total. The first-order valence-electron chi connectivity index (χ1n) is 7.06. The molecule has 5 heteroatoms. The minimum atomic E-state index is -1.03. The summed E-state index contributed by atoms with van der Waals surface area (Å²) < 4.78 is 16.8. The molecule has 0 amide bonds. The number of hydrogen-bond acceptors (Lipinski definition) is 4. The highest BCUT2D eigenvalue weighted by molar-refractivity contribution is 7.86. The molecule has 102 valence electrons. The number of hydrogen-bond donors (Lipinski definition) is 0. The molecule has 2 rings (SSSR count). The molecule has 2 aliphatic heterocycles. The predicted molar refractivity (Wildman–Crippen MR) is 72.7 cm³/mol. The van der Waals surface area contributed by atoms with Gasteiger partial charge in [0.05, 0.1) is 37.2 Å². The van der Waals surface area contributed by atoms with E-state index in [9.17, 15) is 4.55 Å². The van der Waals surface area contributed by atoms with Gasteiger partial charge in [-0.2, -0.15) is 5.26 Å². The highest BCUT2D eigenvalue weighted by Crippen LogP contribution is 2.33. The topological polar surface area (TPSA) is 53.3 Å². The van der Waals surface area contributed by atoms with Gasteiger partial charge in [0, 0.05) is 0 Å². The molecule has 0 spiro atoms. The summed E-state index contributed by atoms with van der Waals surface area (Å²) in [5, 5.41) is 8.80. The van der Waals surface area contributed by atoms with Crippen LogP contribution >= 0.6 is 0 Å². The van der Waals surface area contributed by atoms with Crippen molar-refractivity contribution in [2.45, 2.75) is 58.0 Å². The molecule has 0 aromatic heterocycles. The molecule has 0 saturated carbocycles. The van der Waals surface area contributed by atoms with Crippen LogP contribution in [-0.4, -0.2) is 38.3 Å². The third-order valence-electron chi connectivity index (χ3n) is 4.17. The van der Waals surface area contributed by atoms with Crippen molar-refractivity contribution in [3.05, 3.63) is 0 Å². The summed E-state index contributed by atoms with van der Waals surface area (Å²) in [6.07, 6.45) is 5.71. The van der Waals surface area contributed by atoms with Gasteiger partial charge in [-0.1, -0.05) is 13.8 Å². The van der Waals surface area contributed by atoms with Crippen LogP contribution in [0, 0.1) is 17.2 Å². The van der Waals surface area contributed by atoms with Gasteiger partial charge in [-0.05, 0) is 32.1 Å². The Labute approximate surface area is 113 Å². The van der Waals surface area contributed by atoms with Crippen molar-refractivity contribution in [2.24, 2.45) is 5.92 Å². The van der Waals surface area contributed by atoms with E-state index in [4.69, 9.17) is 5.26 Å². The third kappa shape index (κ3) is 2.67. The Balaban J connectivity index is 2.00. The molecule has 0 aliphatic carbocycles. The molecule has 0 aromatic carbocycles. The molecule has 2 aliphatic rings. The Kier molecular flexibility index (Phi) is 4.91. The van der Waals surface area contributed by atoms with Crippen LogP contribution in [0.15, 0.2) is 0 Å². The zero-order valence-corrected chi connectivity index (χ0v) is 12.2. The fraction of sp³-hybridized carbons (Fsp3) is 0.923. The lowest BCUT2D eigenvalue weighted by atomic mass is 9.95. The fourth-order valence-electron chi connectivity index (χ4n) is 2.95. The maximum atomic E-state index is 12.6. The second-order valence-corrected chi connectivity index (χ2v) is 6.72. The Bertz CT molecular complexity index is 302. The van der Waals surface area contributed by atoms with Crippen LogP contribution in [0.25, 0.3) is 0 Å². The van der Waals surface area contributed by atoms with Gasteiger partial charge in [0.25, 0.3) is 0 Å². The van der Waals surface area contributed by atoms with Crippen molar-refractivity contribution in [2.75, 3.05) is 13.1 Å². The van der Waals surface area contributed by atoms with Crippen molar-refractivity contribution in [1.29, 1.82) is 5.26 Å². The number of piperidine rings is 1. The molecule has 3 atom stereocenters. The van der Waals surface area contributed by atoms with E-state index >= 15 is 0 Å². The molecule has 2 saturated heterocycles. The van der Waals surface area contributed by atoms with Crippen LogP contribution in [0.4, 0.5) is 0 Å². The Morgan fingerprint density at radius 2 is 1.78 bits per heavy atom. The van der Waals surface area contributed by atoms with Crippen LogP contribution in [0.1, 0.15) is 46.0 Å². The monoisotopic (exact) mass is 269 g/mol. The van der Waals surface area contributed by atoms with Gasteiger partial charge in [0.1, 0.15) is 11.5 Å². The highest BCUT2D eigenvalue weighted by Gasteiger charge is 2.45. The summed E-state index contributed by atoms with van der Waals surface area (Å²) in [6.45, 7) is 5.71. The molecule has 18 heavy (non-hydrogen) atoms. The van der Waals surface area contributed by atoms with Gasteiger partial charge in [0.15, 0.2) is 0 Å². The van der Waals surface area contributed by atoms with E-state index in [1.54, 1.807) is 0 Å². The summed E-state index contributed by atoms with van der Waals surface area (Å²) in [6, 6.07) is 3.14. The smallest absolute Gasteiger partial charge is 0.141 e. The Morgan fingerprint density at radius 1 is 1.22 bits per heavy atom. The molecule has 4 nitrogen and oxygen atoms in total. The third-order valence-corrected chi connectivity index (χ3v) is 5.87. The average molecular weight is 269 g/mol. The van der Waals surface area contributed by atoms with Crippen molar-refractivity contribution in [1.82, 2.24) is 8.61 Å². The van der Waals surface area contributed by atoms with Crippen LogP contribution in [0.5, 0.6) is 0 Å². The first-order chi connectivity index (χ1) is 8.71. The summed E-state index contributed by atoms with van der Waals surface area (Å²) in [4.78, 5) is 0. The first kappa shape index (κ1) is 14.1. The zero-order chi connectivity index (χ0) is 13.1. The normalized spacial score (nSPS) is 32.8. The lowest BCUT2D eigenvalue weighted by Crippen LogP contribution is -2.60. The molecule has 0 bridgehead atoms. The molecule has 0 aromatic rings. The minimum Gasteiger partial charge on any atom is -0.578 e. The van der Waals surface area contributed by atoms with Gasteiger partial charge in [-0.3, -0.25) is 0 Å². The van der Waals surface area contributed by atoms with Crippen LogP contribution in [0.3, 0.4) is 0 Å². The second-order valence-electron chi connectivity index (χ2n) is 5.32. The van der Waals surface area contributed by atoms with E-state index in [2.05, 4.69) is 24.2 Å². The van der Waals surface area contributed by atoms with Crippen molar-refractivity contribution >= 4 is 11.5 Å². The number of nitriles is 1. The van der Waals surface area contributed by atoms with Crippen molar-refractivity contribution in [3.8, 4) is 6.07 Å². The largest absolute Gasteiger partial charge is 0.578 e. The quantitative estimate of drug-likeness (QED) is 0.733. The van der Waals surface area contributed by atoms with Crippen molar-refractivity contribution < 1.29 is 4.55 Å². The van der Waals surface area contributed by atoms with E-state index < -0.39 is 11.5 Å². The lowest BCUT2D eigenvalue weighted by molar-refractivity contribution is 0.142. The van der Waals surface area contributed by atoms with Gasteiger partial charge < -0.3 is 4.55 Å². The molecule has 2 unspecified atom stereocenters. The summed E-state index contributed by atoms with van der Waals surface area (Å²) >= 11 is -1.03. The molecule has 2 fully saturated rings. The van der Waals surface area contributed by atoms with E-state index in [1.165, 1.54) is 6.42 Å². The molecular weight excluding hydrogens is 246 g/mol. The van der Waals surface area contributed by atoms with Crippen LogP contribution in [0.2, 0.25) is 0 Å². The Morgan fingerprint density at radius 3 is 2.22 bits per heavy atom. The minimum absolute atomic E-state index is 0.0823. The van der Waals surface area contributed by atoms with E-state index in [0.717, 1.165) is 25.7 Å². The number of nitrogens with zero attached hydrogens (tertiary/aromatic N) is 3. The molecular formula is C13H23N3OS. The summed E-state index contributed by atoms with van der Waals surface area (Å²) in [5.74, 6) is 0.0823. The van der Waals surface area contributed by atoms with E-state index in [1.807, 2.05) is 4.31 Å². The van der Waals surface area contributed by atoms with Gasteiger partial charge in [0.2, 0.25) is 0 Å². The highest BCUT2D eigenvalue weighted by atomic mass is 32.2.